The zero-order chi connectivity index (χ0) is 23.0. The Hall–Kier alpha value is -2.83. The number of ether oxygens (including phenoxy) is 1. The molecule has 0 saturated carbocycles. The van der Waals surface area contributed by atoms with E-state index in [1.54, 1.807) is 6.07 Å². The van der Waals surface area contributed by atoms with E-state index in [0.29, 0.717) is 12.2 Å². The van der Waals surface area contributed by atoms with Crippen LogP contribution < -0.4 is 10.6 Å². The summed E-state index contributed by atoms with van der Waals surface area (Å²) in [6.45, 7) is 1.44. The van der Waals surface area contributed by atoms with Crippen LogP contribution in [0, 0.1) is 5.92 Å². The average Bonchev–Trinajstić information content (AvgIpc) is 3.28. The Morgan fingerprint density at radius 2 is 1.79 bits per heavy atom. The molecule has 2 heterocycles. The van der Waals surface area contributed by atoms with Crippen LogP contribution in [0.1, 0.15) is 41.1 Å². The van der Waals surface area contributed by atoms with Gasteiger partial charge in [0.1, 0.15) is 5.75 Å². The van der Waals surface area contributed by atoms with Crippen LogP contribution in [-0.2, 0) is 19.0 Å². The van der Waals surface area contributed by atoms with Crippen LogP contribution >= 0.6 is 0 Å². The zero-order valence-corrected chi connectivity index (χ0v) is 18.3. The number of halogens is 3. The normalized spacial score (nSPS) is 21.0. The molecule has 0 amide bonds. The van der Waals surface area contributed by atoms with Crippen LogP contribution in [0.15, 0.2) is 66.7 Å². The van der Waals surface area contributed by atoms with Gasteiger partial charge in [0, 0.05) is 13.0 Å². The Morgan fingerprint density at radius 3 is 2.58 bits per heavy atom. The minimum Gasteiger partial charge on any atom is -0.493 e. The van der Waals surface area contributed by atoms with E-state index in [1.165, 1.54) is 17.7 Å². The van der Waals surface area contributed by atoms with Crippen LogP contribution in [0.25, 0.3) is 11.1 Å². The number of rotatable bonds is 4. The number of hydrogen-bond donors (Lipinski definition) is 1. The molecule has 0 unspecified atom stereocenters. The highest BCUT2D eigenvalue weighted by Crippen LogP contribution is 2.42. The Balaban J connectivity index is 1.52. The molecule has 3 aromatic rings. The maximum absolute atomic E-state index is 13.3. The summed E-state index contributed by atoms with van der Waals surface area (Å²) >= 11 is 0. The van der Waals surface area contributed by atoms with Gasteiger partial charge >= 0.3 is 6.18 Å². The topological polar surface area (TPSA) is 38.5 Å². The van der Waals surface area contributed by atoms with Crippen molar-refractivity contribution in [1.82, 2.24) is 5.01 Å². The number of fused-ring (bicyclic) bond motifs is 1. The minimum atomic E-state index is -4.37. The van der Waals surface area contributed by atoms with E-state index in [9.17, 15) is 13.2 Å². The molecule has 172 valence electrons. The van der Waals surface area contributed by atoms with Crippen molar-refractivity contribution < 1.29 is 17.9 Å². The first kappa shape index (κ1) is 22.0. The van der Waals surface area contributed by atoms with E-state index in [4.69, 9.17) is 10.6 Å². The standard InChI is InChI=1S/C27H27F3N2O/c28-27(29,30)24-10-4-8-19(17-24)22-15-21-11-13-33-26(21)23(16-22)14-20-9-5-12-32(31)25(20)18-6-2-1-3-7-18/h1-4,6-8,10,15-17,20,25H,5,9,11-14,31H2/t20-,25+/m0/s1. The molecule has 0 aromatic heterocycles. The predicted octanol–water partition coefficient (Wildman–Crippen LogP) is 6.18. The molecule has 0 bridgehead atoms. The molecule has 1 fully saturated rings. The second kappa shape index (κ2) is 8.84. The van der Waals surface area contributed by atoms with Gasteiger partial charge in [-0.15, -0.1) is 0 Å². The minimum absolute atomic E-state index is 0.0919. The van der Waals surface area contributed by atoms with Crippen molar-refractivity contribution >= 4 is 0 Å². The van der Waals surface area contributed by atoms with Crippen LogP contribution in [-0.4, -0.2) is 18.2 Å². The first-order valence-electron chi connectivity index (χ1n) is 11.4. The molecule has 3 aromatic carbocycles. The van der Waals surface area contributed by atoms with Crippen molar-refractivity contribution in [1.29, 1.82) is 0 Å². The van der Waals surface area contributed by atoms with E-state index in [2.05, 4.69) is 12.1 Å². The molecular weight excluding hydrogens is 425 g/mol. The lowest BCUT2D eigenvalue weighted by molar-refractivity contribution is -0.137. The highest BCUT2D eigenvalue weighted by atomic mass is 19.4. The van der Waals surface area contributed by atoms with E-state index in [1.807, 2.05) is 35.3 Å². The molecule has 2 aliphatic heterocycles. The molecule has 5 rings (SSSR count). The second-order valence-corrected chi connectivity index (χ2v) is 9.00. The summed E-state index contributed by atoms with van der Waals surface area (Å²) in [5.41, 5.74) is 4.06. The predicted molar refractivity (Wildman–Crippen MR) is 123 cm³/mol. The average molecular weight is 453 g/mol. The molecule has 0 radical (unpaired) electrons. The maximum atomic E-state index is 13.3. The van der Waals surface area contributed by atoms with Gasteiger partial charge in [-0.2, -0.15) is 13.2 Å². The molecule has 6 heteroatoms. The van der Waals surface area contributed by atoms with E-state index in [0.717, 1.165) is 60.7 Å². The van der Waals surface area contributed by atoms with Crippen LogP contribution in [0.4, 0.5) is 13.2 Å². The van der Waals surface area contributed by atoms with E-state index in [-0.39, 0.29) is 12.0 Å². The smallest absolute Gasteiger partial charge is 0.416 e. The number of piperidine rings is 1. The first-order valence-corrected chi connectivity index (χ1v) is 11.4. The number of alkyl halides is 3. The van der Waals surface area contributed by atoms with Gasteiger partial charge in [0.15, 0.2) is 0 Å². The summed E-state index contributed by atoms with van der Waals surface area (Å²) in [5.74, 6) is 7.62. The van der Waals surface area contributed by atoms with Gasteiger partial charge in [-0.3, -0.25) is 5.84 Å². The number of hydrogen-bond acceptors (Lipinski definition) is 3. The van der Waals surface area contributed by atoms with Crippen molar-refractivity contribution in [2.24, 2.45) is 11.8 Å². The van der Waals surface area contributed by atoms with Crippen LogP contribution in [0.5, 0.6) is 5.75 Å². The summed E-state index contributed by atoms with van der Waals surface area (Å²) in [6, 6.07) is 19.9. The summed E-state index contributed by atoms with van der Waals surface area (Å²) in [6.07, 6.45) is -0.779. The lowest BCUT2D eigenvalue weighted by Crippen LogP contribution is -2.44. The second-order valence-electron chi connectivity index (χ2n) is 9.00. The van der Waals surface area contributed by atoms with Gasteiger partial charge in [0.05, 0.1) is 18.2 Å². The molecule has 2 atom stereocenters. The number of benzene rings is 3. The summed E-state index contributed by atoms with van der Waals surface area (Å²) in [4.78, 5) is 0. The highest BCUT2D eigenvalue weighted by Gasteiger charge is 2.33. The van der Waals surface area contributed by atoms with E-state index < -0.39 is 11.7 Å². The Morgan fingerprint density at radius 1 is 0.970 bits per heavy atom. The van der Waals surface area contributed by atoms with Gasteiger partial charge in [-0.05, 0) is 77.3 Å². The quantitative estimate of drug-likeness (QED) is 0.481. The largest absolute Gasteiger partial charge is 0.493 e. The number of hydrazine groups is 1. The Labute approximate surface area is 191 Å². The molecular formula is C27H27F3N2O. The fraction of sp³-hybridized carbons (Fsp3) is 0.333. The summed E-state index contributed by atoms with van der Waals surface area (Å²) in [5, 5.41) is 1.93. The monoisotopic (exact) mass is 452 g/mol. The van der Waals surface area contributed by atoms with Gasteiger partial charge < -0.3 is 4.74 Å². The SMILES string of the molecule is NN1CCC[C@@H](Cc2cc(-c3cccc(C(F)(F)F)c3)cc3c2OCC3)[C@H]1c1ccccc1. The maximum Gasteiger partial charge on any atom is 0.416 e. The number of nitrogens with two attached hydrogens (primary N) is 1. The van der Waals surface area contributed by atoms with Gasteiger partial charge in [-0.25, -0.2) is 5.01 Å². The van der Waals surface area contributed by atoms with Crippen LogP contribution in [0.3, 0.4) is 0 Å². The van der Waals surface area contributed by atoms with Gasteiger partial charge in [0.25, 0.3) is 0 Å². The van der Waals surface area contributed by atoms with Gasteiger partial charge in [0.2, 0.25) is 0 Å². The fourth-order valence-corrected chi connectivity index (χ4v) is 5.30. The highest BCUT2D eigenvalue weighted by molar-refractivity contribution is 5.69. The lowest BCUT2D eigenvalue weighted by Gasteiger charge is -2.39. The molecule has 33 heavy (non-hydrogen) atoms. The molecule has 2 aliphatic rings. The Kier molecular flexibility index (Phi) is 5.89. The third-order valence-electron chi connectivity index (χ3n) is 6.80. The van der Waals surface area contributed by atoms with Crippen LogP contribution in [0.2, 0.25) is 0 Å². The molecule has 2 N–H and O–H groups in total. The Bertz CT molecular complexity index is 1130. The number of nitrogens with zero attached hydrogens (tertiary/aromatic N) is 1. The van der Waals surface area contributed by atoms with Crippen molar-refractivity contribution in [3.8, 4) is 16.9 Å². The first-order chi connectivity index (χ1) is 15.9. The molecule has 1 saturated heterocycles. The molecule has 0 spiro atoms. The van der Waals surface area contributed by atoms with Crippen molar-refractivity contribution in [3.05, 3.63) is 89.0 Å². The fourth-order valence-electron chi connectivity index (χ4n) is 5.30. The summed E-state index contributed by atoms with van der Waals surface area (Å²) < 4.78 is 45.9. The van der Waals surface area contributed by atoms with Crippen molar-refractivity contribution in [2.75, 3.05) is 13.2 Å². The lowest BCUT2D eigenvalue weighted by atomic mass is 9.80. The molecule has 3 nitrogen and oxygen atoms in total. The van der Waals surface area contributed by atoms with Crippen molar-refractivity contribution in [2.45, 2.75) is 37.9 Å². The van der Waals surface area contributed by atoms with Crippen molar-refractivity contribution in [3.63, 3.8) is 0 Å². The third-order valence-corrected chi connectivity index (χ3v) is 6.80. The third kappa shape index (κ3) is 4.50. The van der Waals surface area contributed by atoms with E-state index >= 15 is 0 Å². The summed E-state index contributed by atoms with van der Waals surface area (Å²) in [7, 11) is 0. The zero-order valence-electron chi connectivity index (χ0n) is 18.3. The van der Waals surface area contributed by atoms with Gasteiger partial charge in [-0.1, -0.05) is 42.5 Å². The molecule has 0 aliphatic carbocycles.